The van der Waals surface area contributed by atoms with Gasteiger partial charge in [0.25, 0.3) is 0 Å². The van der Waals surface area contributed by atoms with Crippen molar-refractivity contribution < 1.29 is 19.1 Å². The molecule has 0 atom stereocenters. The second kappa shape index (κ2) is 11.6. The maximum atomic E-state index is 11.3. The standard InChI is InChI=1S/C28H23N7O4/c1-38-22-12-10-21(11-13-22)31-27-32-26(30-20-8-3-2-4-9-20)33-28(34-27)35-29-17-23-14-15-24(39-23)18-6-5-7-19(16-18)25(36)37/h2-17H,1H3,(H,36,37)(H3,30,31,32,33,34,35)/b29-17-. The molecule has 0 spiro atoms. The highest BCUT2D eigenvalue weighted by Crippen LogP contribution is 2.23. The molecule has 0 aliphatic heterocycles. The zero-order valence-electron chi connectivity index (χ0n) is 20.7. The average Bonchev–Trinajstić information content (AvgIpc) is 3.43. The van der Waals surface area contributed by atoms with E-state index in [1.165, 1.54) is 12.3 Å². The summed E-state index contributed by atoms with van der Waals surface area (Å²) in [6.07, 6.45) is 1.47. The van der Waals surface area contributed by atoms with Crippen LogP contribution in [0.1, 0.15) is 16.1 Å². The van der Waals surface area contributed by atoms with Crippen LogP contribution >= 0.6 is 0 Å². The fraction of sp³-hybridized carbons (Fsp3) is 0.0357. The van der Waals surface area contributed by atoms with Gasteiger partial charge < -0.3 is 24.9 Å². The molecule has 11 nitrogen and oxygen atoms in total. The van der Waals surface area contributed by atoms with E-state index in [2.05, 4.69) is 36.1 Å². The molecule has 0 radical (unpaired) electrons. The van der Waals surface area contributed by atoms with Crippen molar-refractivity contribution in [2.75, 3.05) is 23.2 Å². The highest BCUT2D eigenvalue weighted by atomic mass is 16.5. The van der Waals surface area contributed by atoms with Gasteiger partial charge in [-0.2, -0.15) is 20.1 Å². The maximum Gasteiger partial charge on any atom is 0.335 e. The van der Waals surface area contributed by atoms with E-state index in [1.807, 2.05) is 54.6 Å². The van der Waals surface area contributed by atoms with Crippen LogP contribution in [0.2, 0.25) is 0 Å². The Hall–Kier alpha value is -5.71. The van der Waals surface area contributed by atoms with Gasteiger partial charge in [-0.25, -0.2) is 10.2 Å². The third-order valence-corrected chi connectivity index (χ3v) is 5.39. The van der Waals surface area contributed by atoms with Gasteiger partial charge in [0.2, 0.25) is 17.8 Å². The van der Waals surface area contributed by atoms with Gasteiger partial charge in [-0.05, 0) is 60.7 Å². The number of hydrazone groups is 1. The minimum Gasteiger partial charge on any atom is -0.497 e. The molecule has 0 bridgehead atoms. The Labute approximate surface area is 223 Å². The summed E-state index contributed by atoms with van der Waals surface area (Å²) in [5, 5.41) is 19.7. The van der Waals surface area contributed by atoms with Crippen molar-refractivity contribution in [3.05, 3.63) is 102 Å². The second-order valence-electron chi connectivity index (χ2n) is 8.11. The zero-order valence-corrected chi connectivity index (χ0v) is 20.7. The number of nitrogens with zero attached hydrogens (tertiary/aromatic N) is 4. The van der Waals surface area contributed by atoms with E-state index >= 15 is 0 Å². The van der Waals surface area contributed by atoms with Crippen LogP contribution in [-0.4, -0.2) is 39.4 Å². The Kier molecular flexibility index (Phi) is 7.40. The third-order valence-electron chi connectivity index (χ3n) is 5.39. The molecule has 2 aromatic heterocycles. The molecule has 2 heterocycles. The number of nitrogens with one attached hydrogen (secondary N) is 3. The quantitative estimate of drug-likeness (QED) is 0.132. The molecule has 0 amide bonds. The van der Waals surface area contributed by atoms with Gasteiger partial charge in [0, 0.05) is 16.9 Å². The highest BCUT2D eigenvalue weighted by molar-refractivity contribution is 5.89. The van der Waals surface area contributed by atoms with Crippen molar-refractivity contribution in [3.8, 4) is 17.1 Å². The first-order valence-corrected chi connectivity index (χ1v) is 11.8. The first-order valence-electron chi connectivity index (χ1n) is 11.8. The topological polar surface area (TPSA) is 147 Å². The SMILES string of the molecule is COc1ccc(Nc2nc(N/N=C\c3ccc(-c4cccc(C(=O)O)c4)o3)nc(Nc3ccccc3)n2)cc1. The molecular weight excluding hydrogens is 498 g/mol. The van der Waals surface area contributed by atoms with Crippen LogP contribution in [0, 0.1) is 0 Å². The molecule has 39 heavy (non-hydrogen) atoms. The molecule has 0 fully saturated rings. The predicted octanol–water partition coefficient (Wildman–Crippen LogP) is 5.77. The number of ether oxygens (including phenoxy) is 1. The summed E-state index contributed by atoms with van der Waals surface area (Å²) >= 11 is 0. The molecule has 4 N–H and O–H groups in total. The van der Waals surface area contributed by atoms with Gasteiger partial charge in [0.05, 0.1) is 18.9 Å². The number of carboxylic acids is 1. The molecule has 0 aliphatic carbocycles. The molecule has 5 rings (SSSR count). The van der Waals surface area contributed by atoms with Crippen molar-refractivity contribution in [3.63, 3.8) is 0 Å². The largest absolute Gasteiger partial charge is 0.497 e. The fourth-order valence-electron chi connectivity index (χ4n) is 3.53. The zero-order chi connectivity index (χ0) is 27.0. The fourth-order valence-corrected chi connectivity index (χ4v) is 3.53. The number of carboxylic acid groups (broad SMARTS) is 1. The van der Waals surface area contributed by atoms with Crippen LogP contribution in [0.15, 0.2) is 101 Å². The molecule has 11 heteroatoms. The van der Waals surface area contributed by atoms with Crippen LogP contribution in [0.4, 0.5) is 29.2 Å². The number of furan rings is 1. The maximum absolute atomic E-state index is 11.3. The van der Waals surface area contributed by atoms with Gasteiger partial charge in [-0.15, -0.1) is 0 Å². The molecule has 0 unspecified atom stereocenters. The van der Waals surface area contributed by atoms with Crippen LogP contribution in [-0.2, 0) is 0 Å². The molecule has 194 valence electrons. The van der Waals surface area contributed by atoms with E-state index in [9.17, 15) is 9.90 Å². The minimum absolute atomic E-state index is 0.176. The first-order chi connectivity index (χ1) is 19.1. The Morgan fingerprint density at radius 2 is 1.54 bits per heavy atom. The number of anilines is 5. The number of aromatic carboxylic acids is 1. The lowest BCUT2D eigenvalue weighted by Crippen LogP contribution is -2.07. The summed E-state index contributed by atoms with van der Waals surface area (Å²) < 4.78 is 11.0. The number of carbonyl (C=O) groups is 1. The van der Waals surface area contributed by atoms with Gasteiger partial charge >= 0.3 is 5.97 Å². The van der Waals surface area contributed by atoms with E-state index in [0.29, 0.717) is 29.0 Å². The first kappa shape index (κ1) is 25.0. The summed E-state index contributed by atoms with van der Waals surface area (Å²) in [5.41, 5.74) is 5.20. The van der Waals surface area contributed by atoms with Crippen LogP contribution in [0.5, 0.6) is 5.75 Å². The third kappa shape index (κ3) is 6.54. The van der Waals surface area contributed by atoms with Crippen molar-refractivity contribution in [1.29, 1.82) is 0 Å². The van der Waals surface area contributed by atoms with Gasteiger partial charge in [-0.1, -0.05) is 30.3 Å². The highest BCUT2D eigenvalue weighted by Gasteiger charge is 2.10. The second-order valence-corrected chi connectivity index (χ2v) is 8.11. The monoisotopic (exact) mass is 521 g/mol. The number of hydrogen-bond donors (Lipinski definition) is 4. The normalized spacial score (nSPS) is 10.8. The Morgan fingerprint density at radius 1 is 0.846 bits per heavy atom. The number of benzene rings is 3. The summed E-state index contributed by atoms with van der Waals surface area (Å²) in [6.45, 7) is 0. The van der Waals surface area contributed by atoms with Gasteiger partial charge in [-0.3, -0.25) is 0 Å². The summed E-state index contributed by atoms with van der Waals surface area (Å²) in [6, 6.07) is 26.8. The predicted molar refractivity (Wildman–Crippen MR) is 148 cm³/mol. The van der Waals surface area contributed by atoms with E-state index < -0.39 is 5.97 Å². The van der Waals surface area contributed by atoms with Crippen LogP contribution in [0.3, 0.4) is 0 Å². The average molecular weight is 522 g/mol. The lowest BCUT2D eigenvalue weighted by molar-refractivity contribution is 0.0697. The van der Waals surface area contributed by atoms with E-state index in [1.54, 1.807) is 37.4 Å². The van der Waals surface area contributed by atoms with E-state index in [-0.39, 0.29) is 11.5 Å². The molecule has 0 saturated carbocycles. The molecule has 0 saturated heterocycles. The van der Waals surface area contributed by atoms with Crippen molar-refractivity contribution in [2.24, 2.45) is 5.10 Å². The summed E-state index contributed by atoms with van der Waals surface area (Å²) in [4.78, 5) is 24.5. The Morgan fingerprint density at radius 3 is 2.23 bits per heavy atom. The number of rotatable bonds is 10. The number of hydrogen-bond acceptors (Lipinski definition) is 10. The minimum atomic E-state index is -1.01. The van der Waals surface area contributed by atoms with Crippen LogP contribution in [0.25, 0.3) is 11.3 Å². The lowest BCUT2D eigenvalue weighted by atomic mass is 10.1. The van der Waals surface area contributed by atoms with Crippen molar-refractivity contribution in [2.45, 2.75) is 0 Å². The van der Waals surface area contributed by atoms with Crippen molar-refractivity contribution >= 4 is 41.4 Å². The Balaban J connectivity index is 1.34. The smallest absolute Gasteiger partial charge is 0.335 e. The van der Waals surface area contributed by atoms with Gasteiger partial charge in [0.15, 0.2) is 0 Å². The number of methoxy groups -OCH3 is 1. The van der Waals surface area contributed by atoms with E-state index in [4.69, 9.17) is 9.15 Å². The number of para-hydroxylation sites is 1. The number of aromatic nitrogens is 3. The van der Waals surface area contributed by atoms with Crippen LogP contribution < -0.4 is 20.8 Å². The Bertz CT molecular complexity index is 1600. The summed E-state index contributed by atoms with van der Waals surface area (Å²) in [5.74, 6) is 1.49. The molecular formula is C28H23N7O4. The van der Waals surface area contributed by atoms with Crippen molar-refractivity contribution in [1.82, 2.24) is 15.0 Å². The molecule has 5 aromatic rings. The lowest BCUT2D eigenvalue weighted by Gasteiger charge is -2.10. The van der Waals surface area contributed by atoms with Gasteiger partial charge in [0.1, 0.15) is 17.3 Å². The van der Waals surface area contributed by atoms with E-state index in [0.717, 1.165) is 17.1 Å². The summed E-state index contributed by atoms with van der Waals surface area (Å²) in [7, 11) is 1.61. The molecule has 3 aromatic carbocycles. The molecule has 0 aliphatic rings.